The van der Waals surface area contributed by atoms with E-state index in [4.69, 9.17) is 5.73 Å². The SMILES string of the molecule is Cc1nnc2nc(NC(C)c3cc(N)cc(C(F)(F)F)c3)c3c(n12)CNC3. The van der Waals surface area contributed by atoms with E-state index in [-0.39, 0.29) is 5.69 Å². The van der Waals surface area contributed by atoms with Gasteiger partial charge in [0.25, 0.3) is 5.78 Å². The summed E-state index contributed by atoms with van der Waals surface area (Å²) >= 11 is 0. The number of alkyl halides is 3. The lowest BCUT2D eigenvalue weighted by molar-refractivity contribution is -0.137. The van der Waals surface area contributed by atoms with Crippen molar-refractivity contribution in [3.8, 4) is 0 Å². The van der Waals surface area contributed by atoms with Crippen LogP contribution in [-0.4, -0.2) is 19.6 Å². The van der Waals surface area contributed by atoms with Crippen LogP contribution in [0.1, 0.15) is 41.2 Å². The average Bonchev–Trinajstić information content (AvgIpc) is 3.20. The van der Waals surface area contributed by atoms with E-state index in [1.807, 2.05) is 11.3 Å². The second-order valence-electron chi connectivity index (χ2n) is 6.62. The number of anilines is 2. The van der Waals surface area contributed by atoms with Crippen molar-refractivity contribution < 1.29 is 13.2 Å². The van der Waals surface area contributed by atoms with Crippen molar-refractivity contribution >= 4 is 17.3 Å². The van der Waals surface area contributed by atoms with E-state index < -0.39 is 17.8 Å². The number of hydrogen-bond donors (Lipinski definition) is 3. The number of nitrogens with one attached hydrogen (secondary N) is 2. The fourth-order valence-electron chi connectivity index (χ4n) is 3.35. The number of hydrogen-bond acceptors (Lipinski definition) is 6. The molecule has 4 N–H and O–H groups in total. The van der Waals surface area contributed by atoms with Crippen LogP contribution >= 0.6 is 0 Å². The number of nitrogens with two attached hydrogens (primary N) is 1. The van der Waals surface area contributed by atoms with E-state index in [2.05, 4.69) is 25.8 Å². The number of rotatable bonds is 3. The lowest BCUT2D eigenvalue weighted by atomic mass is 10.0. The number of fused-ring (bicyclic) bond motifs is 3. The molecule has 0 spiro atoms. The van der Waals surface area contributed by atoms with Crippen LogP contribution in [0.3, 0.4) is 0 Å². The molecule has 3 heterocycles. The van der Waals surface area contributed by atoms with E-state index in [9.17, 15) is 13.2 Å². The Labute approximate surface area is 152 Å². The predicted molar refractivity (Wildman–Crippen MR) is 94.0 cm³/mol. The highest BCUT2D eigenvalue weighted by Gasteiger charge is 2.31. The van der Waals surface area contributed by atoms with Crippen LogP contribution in [0.5, 0.6) is 0 Å². The van der Waals surface area contributed by atoms with Gasteiger partial charge in [-0.2, -0.15) is 18.2 Å². The molecule has 0 saturated carbocycles. The Morgan fingerprint density at radius 1 is 1.22 bits per heavy atom. The second-order valence-corrected chi connectivity index (χ2v) is 6.62. The Bertz CT molecular complexity index is 1030. The van der Waals surface area contributed by atoms with Gasteiger partial charge in [0.15, 0.2) is 0 Å². The normalized spacial score (nSPS) is 15.1. The summed E-state index contributed by atoms with van der Waals surface area (Å²) < 4.78 is 41.1. The van der Waals surface area contributed by atoms with Crippen LogP contribution in [-0.2, 0) is 19.3 Å². The first-order valence-electron chi connectivity index (χ1n) is 8.42. The maximum Gasteiger partial charge on any atom is 0.416 e. The number of halogens is 3. The molecule has 0 fully saturated rings. The Hall–Kier alpha value is -2.88. The van der Waals surface area contributed by atoms with Gasteiger partial charge in [-0.05, 0) is 37.6 Å². The van der Waals surface area contributed by atoms with Gasteiger partial charge in [0, 0.05) is 30.0 Å². The zero-order valence-corrected chi connectivity index (χ0v) is 14.7. The van der Waals surface area contributed by atoms with Crippen molar-refractivity contribution in [1.82, 2.24) is 24.9 Å². The third-order valence-corrected chi connectivity index (χ3v) is 4.68. The first-order valence-corrected chi connectivity index (χ1v) is 8.42. The van der Waals surface area contributed by atoms with Gasteiger partial charge in [-0.3, -0.25) is 4.40 Å². The zero-order valence-electron chi connectivity index (χ0n) is 14.7. The summed E-state index contributed by atoms with van der Waals surface area (Å²) in [5.74, 6) is 1.77. The van der Waals surface area contributed by atoms with E-state index >= 15 is 0 Å². The molecule has 0 saturated heterocycles. The Kier molecular flexibility index (Phi) is 3.95. The fourth-order valence-corrected chi connectivity index (χ4v) is 3.35. The quantitative estimate of drug-likeness (QED) is 0.608. The minimum Gasteiger partial charge on any atom is -0.399 e. The Morgan fingerprint density at radius 3 is 2.74 bits per heavy atom. The Balaban J connectivity index is 1.72. The minimum absolute atomic E-state index is 0.0665. The lowest BCUT2D eigenvalue weighted by Crippen LogP contribution is -2.14. The maximum atomic E-state index is 13.1. The molecule has 1 aliphatic rings. The van der Waals surface area contributed by atoms with Gasteiger partial charge < -0.3 is 16.4 Å². The molecule has 2 aromatic heterocycles. The van der Waals surface area contributed by atoms with Crippen molar-refractivity contribution in [2.45, 2.75) is 39.2 Å². The standard InChI is InChI=1S/C17H18F3N7/c1-8(10-3-11(17(18,19)20)5-12(21)4-10)23-15-13-6-22-7-14(13)27-9(2)25-26-16(27)24-15/h3-5,8,22H,6-7,21H2,1-2H3,(H,23,24,26). The van der Waals surface area contributed by atoms with Crippen LogP contribution in [0.2, 0.25) is 0 Å². The first-order chi connectivity index (χ1) is 12.7. The monoisotopic (exact) mass is 377 g/mol. The summed E-state index contributed by atoms with van der Waals surface area (Å²) in [4.78, 5) is 4.51. The van der Waals surface area contributed by atoms with Gasteiger partial charge in [-0.25, -0.2) is 0 Å². The fraction of sp³-hybridized carbons (Fsp3) is 0.353. The predicted octanol–water partition coefficient (Wildman–Crippen LogP) is 2.81. The number of nitrogens with zero attached hydrogens (tertiary/aromatic N) is 4. The molecule has 1 atom stereocenters. The maximum absolute atomic E-state index is 13.1. The van der Waals surface area contributed by atoms with E-state index in [1.54, 1.807) is 6.92 Å². The van der Waals surface area contributed by atoms with Crippen LogP contribution in [0.25, 0.3) is 5.78 Å². The van der Waals surface area contributed by atoms with Crippen LogP contribution < -0.4 is 16.4 Å². The molecule has 7 nitrogen and oxygen atoms in total. The number of aromatic nitrogens is 4. The van der Waals surface area contributed by atoms with E-state index in [0.717, 1.165) is 29.2 Å². The van der Waals surface area contributed by atoms with Crippen molar-refractivity contribution in [3.63, 3.8) is 0 Å². The molecular weight excluding hydrogens is 359 g/mol. The molecule has 1 aliphatic heterocycles. The smallest absolute Gasteiger partial charge is 0.399 e. The highest BCUT2D eigenvalue weighted by Crippen LogP contribution is 2.34. The van der Waals surface area contributed by atoms with Crippen molar-refractivity contribution in [2.24, 2.45) is 0 Å². The van der Waals surface area contributed by atoms with E-state index in [0.29, 0.717) is 30.2 Å². The van der Waals surface area contributed by atoms with Gasteiger partial charge >= 0.3 is 6.18 Å². The molecule has 1 aromatic carbocycles. The molecule has 27 heavy (non-hydrogen) atoms. The van der Waals surface area contributed by atoms with Gasteiger partial charge in [-0.1, -0.05) is 0 Å². The topological polar surface area (TPSA) is 93.2 Å². The van der Waals surface area contributed by atoms with E-state index in [1.165, 1.54) is 6.07 Å². The van der Waals surface area contributed by atoms with Crippen molar-refractivity contribution in [3.05, 3.63) is 46.4 Å². The van der Waals surface area contributed by atoms with Gasteiger partial charge in [0.05, 0.1) is 11.6 Å². The van der Waals surface area contributed by atoms with Gasteiger partial charge in [0.1, 0.15) is 11.6 Å². The van der Waals surface area contributed by atoms with Gasteiger partial charge in [0.2, 0.25) is 0 Å². The molecule has 4 rings (SSSR count). The first kappa shape index (κ1) is 17.5. The highest BCUT2D eigenvalue weighted by atomic mass is 19.4. The largest absolute Gasteiger partial charge is 0.416 e. The zero-order chi connectivity index (χ0) is 19.3. The molecule has 0 aliphatic carbocycles. The second kappa shape index (κ2) is 6.08. The number of nitrogen functional groups attached to an aromatic ring is 1. The lowest BCUT2D eigenvalue weighted by Gasteiger charge is -2.19. The summed E-state index contributed by atoms with van der Waals surface area (Å²) in [5, 5.41) is 14.6. The Morgan fingerprint density at radius 2 is 2.00 bits per heavy atom. The molecule has 0 radical (unpaired) electrons. The summed E-state index contributed by atoms with van der Waals surface area (Å²) in [5.41, 5.74) is 7.37. The highest BCUT2D eigenvalue weighted by molar-refractivity contribution is 5.56. The summed E-state index contributed by atoms with van der Waals surface area (Å²) in [6, 6.07) is 3.14. The molecule has 1 unspecified atom stereocenters. The summed E-state index contributed by atoms with van der Waals surface area (Å²) in [7, 11) is 0. The van der Waals surface area contributed by atoms with Gasteiger partial charge in [-0.15, -0.1) is 10.2 Å². The molecular formula is C17H18F3N7. The molecule has 3 aromatic rings. The minimum atomic E-state index is -4.45. The third kappa shape index (κ3) is 3.05. The summed E-state index contributed by atoms with van der Waals surface area (Å²) in [6.07, 6.45) is -4.45. The molecule has 10 heteroatoms. The summed E-state index contributed by atoms with van der Waals surface area (Å²) in [6.45, 7) is 4.87. The van der Waals surface area contributed by atoms with Crippen molar-refractivity contribution in [1.29, 1.82) is 0 Å². The number of benzene rings is 1. The average molecular weight is 377 g/mol. The molecule has 0 amide bonds. The third-order valence-electron chi connectivity index (χ3n) is 4.68. The number of aryl methyl sites for hydroxylation is 1. The molecule has 142 valence electrons. The van der Waals surface area contributed by atoms with Crippen molar-refractivity contribution in [2.75, 3.05) is 11.1 Å². The van der Waals surface area contributed by atoms with Crippen LogP contribution in [0, 0.1) is 6.92 Å². The van der Waals surface area contributed by atoms with Crippen LogP contribution in [0.15, 0.2) is 18.2 Å². The molecule has 0 bridgehead atoms. The van der Waals surface area contributed by atoms with Crippen LogP contribution in [0.4, 0.5) is 24.7 Å².